The molecular formula is C14H19NO4. The molecule has 0 atom stereocenters. The molecule has 0 radical (unpaired) electrons. The van der Waals surface area contributed by atoms with E-state index in [9.17, 15) is 19.8 Å². The molecule has 0 fully saturated rings. The van der Waals surface area contributed by atoms with Gasteiger partial charge in [0.15, 0.2) is 0 Å². The number of nitrogens with one attached hydrogen (secondary N) is 1. The average Bonchev–Trinajstić information content (AvgIpc) is 2.38. The zero-order chi connectivity index (χ0) is 14.5. The number of phenols is 1. The summed E-state index contributed by atoms with van der Waals surface area (Å²) in [5, 5.41) is 21.4. The summed E-state index contributed by atoms with van der Waals surface area (Å²) in [6.45, 7) is 3.44. The Balaban J connectivity index is 2.80. The maximum Gasteiger partial charge on any atom is 0.329 e. The van der Waals surface area contributed by atoms with Crippen molar-refractivity contribution >= 4 is 11.9 Å². The maximum absolute atomic E-state index is 11.9. The maximum atomic E-state index is 11.9. The Kier molecular flexibility index (Phi) is 4.92. The molecule has 1 amide bonds. The molecule has 1 aromatic carbocycles. The van der Waals surface area contributed by atoms with Crippen molar-refractivity contribution < 1.29 is 19.8 Å². The van der Waals surface area contributed by atoms with Crippen molar-refractivity contribution in [1.29, 1.82) is 0 Å². The molecule has 0 aliphatic heterocycles. The highest BCUT2D eigenvalue weighted by atomic mass is 16.4. The van der Waals surface area contributed by atoms with Crippen molar-refractivity contribution in [1.82, 2.24) is 5.32 Å². The van der Waals surface area contributed by atoms with Crippen LogP contribution in [0.5, 0.6) is 5.75 Å². The quantitative estimate of drug-likeness (QED) is 0.730. The number of amides is 1. The van der Waals surface area contributed by atoms with Crippen molar-refractivity contribution in [2.45, 2.75) is 38.6 Å². The predicted octanol–water partition coefficient (Wildman–Crippen LogP) is 1.69. The third-order valence-electron chi connectivity index (χ3n) is 3.34. The molecule has 0 aliphatic rings. The van der Waals surface area contributed by atoms with Gasteiger partial charge in [-0.3, -0.25) is 4.79 Å². The van der Waals surface area contributed by atoms with Gasteiger partial charge in [-0.05, 0) is 18.9 Å². The van der Waals surface area contributed by atoms with Crippen molar-refractivity contribution in [2.75, 3.05) is 0 Å². The van der Waals surface area contributed by atoms with Gasteiger partial charge in [0.25, 0.3) is 0 Å². The van der Waals surface area contributed by atoms with E-state index >= 15 is 0 Å². The lowest BCUT2D eigenvalue weighted by atomic mass is 9.92. The number of aromatic hydroxyl groups is 1. The minimum absolute atomic E-state index is 0.0339. The highest BCUT2D eigenvalue weighted by Crippen LogP contribution is 2.19. The van der Waals surface area contributed by atoms with E-state index in [1.807, 2.05) is 0 Å². The number of carbonyl (C=O) groups excluding carboxylic acids is 1. The molecule has 0 bridgehead atoms. The van der Waals surface area contributed by atoms with Crippen LogP contribution in [-0.4, -0.2) is 27.6 Å². The number of hydrogen-bond donors (Lipinski definition) is 3. The minimum atomic E-state index is -1.23. The van der Waals surface area contributed by atoms with E-state index in [1.54, 1.807) is 32.0 Å². The Hall–Kier alpha value is -2.04. The topological polar surface area (TPSA) is 86.6 Å². The molecule has 0 aromatic heterocycles. The Bertz CT molecular complexity index is 466. The number of aliphatic carboxylic acids is 1. The molecule has 3 N–H and O–H groups in total. The van der Waals surface area contributed by atoms with Gasteiger partial charge in [-0.1, -0.05) is 32.0 Å². The molecule has 0 saturated heterocycles. The van der Waals surface area contributed by atoms with Gasteiger partial charge in [0, 0.05) is 5.56 Å². The fourth-order valence-electron chi connectivity index (χ4n) is 1.93. The van der Waals surface area contributed by atoms with Gasteiger partial charge in [-0.15, -0.1) is 0 Å². The zero-order valence-corrected chi connectivity index (χ0v) is 11.1. The first kappa shape index (κ1) is 15.0. The smallest absolute Gasteiger partial charge is 0.329 e. The predicted molar refractivity (Wildman–Crippen MR) is 70.9 cm³/mol. The summed E-state index contributed by atoms with van der Waals surface area (Å²) in [6, 6.07) is 6.50. The summed E-state index contributed by atoms with van der Waals surface area (Å²) in [5.74, 6) is -1.41. The first-order chi connectivity index (χ1) is 8.95. The second-order valence-electron chi connectivity index (χ2n) is 4.45. The zero-order valence-electron chi connectivity index (χ0n) is 11.1. The van der Waals surface area contributed by atoms with Gasteiger partial charge in [0.1, 0.15) is 11.3 Å². The van der Waals surface area contributed by atoms with Gasteiger partial charge in [-0.25, -0.2) is 4.79 Å². The van der Waals surface area contributed by atoms with Crippen molar-refractivity contribution in [2.24, 2.45) is 0 Å². The fourth-order valence-corrected chi connectivity index (χ4v) is 1.93. The van der Waals surface area contributed by atoms with Crippen LogP contribution in [0.25, 0.3) is 0 Å². The molecular weight excluding hydrogens is 246 g/mol. The summed E-state index contributed by atoms with van der Waals surface area (Å²) in [5.41, 5.74) is -0.756. The van der Waals surface area contributed by atoms with Crippen LogP contribution in [0.3, 0.4) is 0 Å². The Morgan fingerprint density at radius 2 is 1.79 bits per heavy atom. The summed E-state index contributed by atoms with van der Waals surface area (Å²) < 4.78 is 0. The Labute approximate surface area is 112 Å². The minimum Gasteiger partial charge on any atom is -0.508 e. The van der Waals surface area contributed by atoms with Crippen molar-refractivity contribution in [3.8, 4) is 5.75 Å². The lowest BCUT2D eigenvalue weighted by molar-refractivity contribution is -0.148. The largest absolute Gasteiger partial charge is 0.508 e. The molecule has 104 valence electrons. The Morgan fingerprint density at radius 1 is 1.21 bits per heavy atom. The van der Waals surface area contributed by atoms with Crippen molar-refractivity contribution in [3.05, 3.63) is 29.8 Å². The van der Waals surface area contributed by atoms with Crippen LogP contribution in [0, 0.1) is 0 Å². The lowest BCUT2D eigenvalue weighted by Gasteiger charge is -2.28. The number of carbonyl (C=O) groups is 2. The van der Waals surface area contributed by atoms with E-state index in [0.717, 1.165) is 0 Å². The van der Waals surface area contributed by atoms with Crippen LogP contribution in [-0.2, 0) is 16.0 Å². The third kappa shape index (κ3) is 3.47. The highest BCUT2D eigenvalue weighted by Gasteiger charge is 2.36. The fraction of sp³-hybridized carbons (Fsp3) is 0.429. The van der Waals surface area contributed by atoms with Crippen LogP contribution in [0.1, 0.15) is 32.3 Å². The molecule has 5 heteroatoms. The van der Waals surface area contributed by atoms with Gasteiger partial charge in [-0.2, -0.15) is 0 Å². The first-order valence-corrected chi connectivity index (χ1v) is 6.26. The van der Waals surface area contributed by atoms with Gasteiger partial charge in [0.2, 0.25) is 5.91 Å². The summed E-state index contributed by atoms with van der Waals surface area (Å²) >= 11 is 0. The number of phenolic OH excluding ortho intramolecular Hbond substituents is 1. The molecule has 1 rings (SSSR count). The first-order valence-electron chi connectivity index (χ1n) is 6.26. The molecule has 19 heavy (non-hydrogen) atoms. The number of carboxylic acid groups (broad SMARTS) is 1. The van der Waals surface area contributed by atoms with Crippen LogP contribution in [0.15, 0.2) is 24.3 Å². The SMILES string of the molecule is CCC(CC)(NC(=O)Cc1ccccc1O)C(=O)O. The number of hydrogen-bond acceptors (Lipinski definition) is 3. The van der Waals surface area contributed by atoms with E-state index in [4.69, 9.17) is 0 Å². The Morgan fingerprint density at radius 3 is 2.26 bits per heavy atom. The number of carboxylic acids is 1. The van der Waals surface area contributed by atoms with E-state index < -0.39 is 17.4 Å². The van der Waals surface area contributed by atoms with Gasteiger partial charge < -0.3 is 15.5 Å². The number of rotatable bonds is 6. The van der Waals surface area contributed by atoms with Crippen LogP contribution in [0.4, 0.5) is 0 Å². The normalized spacial score (nSPS) is 11.1. The second kappa shape index (κ2) is 6.22. The number of para-hydroxylation sites is 1. The summed E-state index contributed by atoms with van der Waals surface area (Å²) in [7, 11) is 0. The third-order valence-corrected chi connectivity index (χ3v) is 3.34. The molecule has 5 nitrogen and oxygen atoms in total. The molecule has 1 aromatic rings. The standard InChI is InChI=1S/C14H19NO4/c1-3-14(4-2,13(18)19)15-12(17)9-10-7-5-6-8-11(10)16/h5-8,16H,3-4,9H2,1-2H3,(H,15,17)(H,18,19). The van der Waals surface area contributed by atoms with Crippen LogP contribution >= 0.6 is 0 Å². The van der Waals surface area contributed by atoms with Crippen molar-refractivity contribution in [3.63, 3.8) is 0 Å². The number of benzene rings is 1. The molecule has 0 aliphatic carbocycles. The summed E-state index contributed by atoms with van der Waals surface area (Å²) in [4.78, 5) is 23.2. The summed E-state index contributed by atoms with van der Waals surface area (Å²) in [6.07, 6.45) is 0.582. The monoisotopic (exact) mass is 265 g/mol. The van der Waals surface area contributed by atoms with Gasteiger partial charge in [0.05, 0.1) is 6.42 Å². The lowest BCUT2D eigenvalue weighted by Crippen LogP contribution is -2.54. The average molecular weight is 265 g/mol. The van der Waals surface area contributed by atoms with E-state index in [0.29, 0.717) is 18.4 Å². The van der Waals surface area contributed by atoms with Gasteiger partial charge >= 0.3 is 5.97 Å². The second-order valence-corrected chi connectivity index (χ2v) is 4.45. The molecule has 0 spiro atoms. The van der Waals surface area contributed by atoms with E-state index in [2.05, 4.69) is 5.32 Å². The van der Waals surface area contributed by atoms with Crippen LogP contribution in [0.2, 0.25) is 0 Å². The molecule has 0 unspecified atom stereocenters. The molecule has 0 heterocycles. The van der Waals surface area contributed by atoms with Crippen LogP contribution < -0.4 is 5.32 Å². The van der Waals surface area contributed by atoms with E-state index in [-0.39, 0.29) is 12.2 Å². The van der Waals surface area contributed by atoms with E-state index in [1.165, 1.54) is 6.07 Å². The molecule has 0 saturated carbocycles. The highest BCUT2D eigenvalue weighted by molar-refractivity contribution is 5.88.